The molecule has 0 saturated carbocycles. The van der Waals surface area contributed by atoms with Crippen LogP contribution in [0, 0.1) is 0 Å². The lowest BCUT2D eigenvalue weighted by Gasteiger charge is -2.46. The van der Waals surface area contributed by atoms with Gasteiger partial charge in [0, 0.05) is 6.42 Å². The van der Waals surface area contributed by atoms with Crippen molar-refractivity contribution in [2.24, 2.45) is 0 Å². The predicted molar refractivity (Wildman–Crippen MR) is 108 cm³/mol. The number of aliphatic hydroxyl groups excluding tert-OH is 7. The zero-order valence-corrected chi connectivity index (χ0v) is 21.3. The fourth-order valence-corrected chi connectivity index (χ4v) is 3.96. The molecule has 2 saturated heterocycles. The second-order valence-corrected chi connectivity index (χ2v) is 9.63. The van der Waals surface area contributed by atoms with Gasteiger partial charge in [-0.25, -0.2) is 0 Å². The third kappa shape index (κ3) is 6.57. The summed E-state index contributed by atoms with van der Waals surface area (Å²) in [5.74, 6) is -38.1. The van der Waals surface area contributed by atoms with Gasteiger partial charge in [0.2, 0.25) is 0 Å². The summed E-state index contributed by atoms with van der Waals surface area (Å²) >= 11 is 0. The van der Waals surface area contributed by atoms with Gasteiger partial charge in [-0.15, -0.1) is 0 Å². The quantitative estimate of drug-likeness (QED) is 0.135. The number of rotatable bonds is 12. The molecule has 0 aromatic rings. The fourth-order valence-electron chi connectivity index (χ4n) is 3.96. The first kappa shape index (κ1) is 38.8. The van der Waals surface area contributed by atoms with E-state index in [1.165, 1.54) is 0 Å². The Morgan fingerprint density at radius 2 is 0.977 bits per heavy atom. The van der Waals surface area contributed by atoms with Crippen molar-refractivity contribution in [1.29, 1.82) is 0 Å². The molecule has 7 N–H and O–H groups in total. The lowest BCUT2D eigenvalue weighted by Crippen LogP contribution is -2.70. The summed E-state index contributed by atoms with van der Waals surface area (Å²) in [5.41, 5.74) is 0. The number of ether oxygens (including phenoxy) is 4. The molecule has 2 rings (SSSR count). The Hall–Kier alpha value is -1.35. The molecule has 0 amide bonds. The third-order valence-electron chi connectivity index (χ3n) is 6.66. The standard InChI is InChI=1S/C20H25F13O11/c21-15(22,16(23,24)17(25,26)18(27,28)19(29,30)20(31,32)33)1-2-41-13-11(40)9(38)12(6(4-35)43-13)44-14-10(39)8(37)7(36)5(3-34)42-14/h5-14,34-40H,1-4H2/t5?,6?,7-,8+,9?,10?,11+,12-,13-,14-/m1/s1. The van der Waals surface area contributed by atoms with E-state index in [4.69, 9.17) is 14.2 Å². The predicted octanol–water partition coefficient (Wildman–Crippen LogP) is -0.244. The van der Waals surface area contributed by atoms with Crippen LogP contribution in [0.2, 0.25) is 0 Å². The average Bonchev–Trinajstić information content (AvgIpc) is 2.91. The van der Waals surface area contributed by atoms with E-state index < -0.39 is 123 Å². The number of hydrogen-bond acceptors (Lipinski definition) is 11. The highest BCUT2D eigenvalue weighted by Crippen LogP contribution is 2.60. The molecular formula is C20H25F13O11. The summed E-state index contributed by atoms with van der Waals surface area (Å²) in [6, 6.07) is 0. The summed E-state index contributed by atoms with van der Waals surface area (Å²) in [4.78, 5) is 0. The van der Waals surface area contributed by atoms with Gasteiger partial charge in [-0.05, 0) is 0 Å². The second-order valence-electron chi connectivity index (χ2n) is 9.63. The maximum atomic E-state index is 14.0. The number of halogens is 13. The highest BCUT2D eigenvalue weighted by Gasteiger charge is 2.90. The van der Waals surface area contributed by atoms with Crippen LogP contribution in [0.25, 0.3) is 0 Å². The van der Waals surface area contributed by atoms with Crippen molar-refractivity contribution in [1.82, 2.24) is 0 Å². The van der Waals surface area contributed by atoms with E-state index >= 15 is 0 Å². The Balaban J connectivity index is 2.14. The molecule has 0 bridgehead atoms. The van der Waals surface area contributed by atoms with Crippen LogP contribution in [0.1, 0.15) is 6.42 Å². The van der Waals surface area contributed by atoms with Crippen LogP contribution in [0.4, 0.5) is 57.1 Å². The van der Waals surface area contributed by atoms with E-state index in [0.717, 1.165) is 0 Å². The van der Waals surface area contributed by atoms with Gasteiger partial charge in [0.25, 0.3) is 0 Å². The first-order valence-electron chi connectivity index (χ1n) is 11.9. The summed E-state index contributed by atoms with van der Waals surface area (Å²) in [7, 11) is 0. The van der Waals surface area contributed by atoms with Crippen LogP contribution in [0.5, 0.6) is 0 Å². The lowest BCUT2D eigenvalue weighted by atomic mass is 9.93. The number of alkyl halides is 13. The second kappa shape index (κ2) is 13.0. The Labute approximate surface area is 236 Å². The summed E-state index contributed by atoms with van der Waals surface area (Å²) in [6.45, 7) is -4.19. The van der Waals surface area contributed by atoms with E-state index in [0.29, 0.717) is 0 Å². The molecule has 0 aromatic heterocycles. The van der Waals surface area contributed by atoms with Crippen LogP contribution < -0.4 is 0 Å². The number of hydrogen-bond donors (Lipinski definition) is 7. The molecule has 4 unspecified atom stereocenters. The molecule has 262 valence electrons. The van der Waals surface area contributed by atoms with E-state index in [2.05, 4.69) is 4.74 Å². The van der Waals surface area contributed by atoms with Crippen molar-refractivity contribution < 1.29 is 112 Å². The minimum absolute atomic E-state index is 0.950. The summed E-state index contributed by atoms with van der Waals surface area (Å²) in [6.07, 6.45) is -31.1. The van der Waals surface area contributed by atoms with Gasteiger partial charge in [0.05, 0.1) is 19.8 Å². The Kier molecular flexibility index (Phi) is 11.5. The molecule has 0 spiro atoms. The normalized spacial score (nSPS) is 35.2. The van der Waals surface area contributed by atoms with Gasteiger partial charge in [0.15, 0.2) is 12.6 Å². The molecule has 2 aliphatic heterocycles. The topological polar surface area (TPSA) is 179 Å². The van der Waals surface area contributed by atoms with Gasteiger partial charge in [-0.3, -0.25) is 0 Å². The Bertz CT molecular complexity index is 953. The Morgan fingerprint density at radius 1 is 0.523 bits per heavy atom. The minimum atomic E-state index is -8.09. The molecule has 0 radical (unpaired) electrons. The molecule has 2 fully saturated rings. The van der Waals surface area contributed by atoms with Crippen molar-refractivity contribution in [3.63, 3.8) is 0 Å². The zero-order chi connectivity index (χ0) is 34.4. The highest BCUT2D eigenvalue weighted by atomic mass is 19.4. The molecule has 0 aliphatic carbocycles. The van der Waals surface area contributed by atoms with Crippen LogP contribution in [0.15, 0.2) is 0 Å². The monoisotopic (exact) mass is 688 g/mol. The summed E-state index contributed by atoms with van der Waals surface area (Å²) < 4.78 is 191. The zero-order valence-electron chi connectivity index (χ0n) is 21.3. The molecule has 10 atom stereocenters. The van der Waals surface area contributed by atoms with E-state index in [1.54, 1.807) is 0 Å². The van der Waals surface area contributed by atoms with Gasteiger partial charge in [-0.2, -0.15) is 57.1 Å². The minimum Gasteiger partial charge on any atom is -0.394 e. The third-order valence-corrected chi connectivity index (χ3v) is 6.66. The van der Waals surface area contributed by atoms with E-state index in [-0.39, 0.29) is 0 Å². The Morgan fingerprint density at radius 3 is 1.45 bits per heavy atom. The molecule has 2 heterocycles. The molecule has 11 nitrogen and oxygen atoms in total. The smallest absolute Gasteiger partial charge is 0.394 e. The van der Waals surface area contributed by atoms with Gasteiger partial charge < -0.3 is 54.7 Å². The first-order chi connectivity index (χ1) is 19.7. The highest BCUT2D eigenvalue weighted by molar-refractivity contribution is 5.10. The van der Waals surface area contributed by atoms with Crippen molar-refractivity contribution in [3.8, 4) is 0 Å². The SMILES string of the molecule is OCC1O[C@@H](OCCC(F)(F)C(F)(F)C(F)(F)C(F)(F)C(F)(F)C(F)(F)F)[C@@H](O)C(O)[C@@H]1O[C@H]1OC(CO)[C@@H](O)[C@H](O)C1O. The van der Waals surface area contributed by atoms with Crippen LogP contribution in [0.3, 0.4) is 0 Å². The first-order valence-corrected chi connectivity index (χ1v) is 11.9. The molecule has 0 aromatic carbocycles. The van der Waals surface area contributed by atoms with E-state index in [9.17, 15) is 92.8 Å². The summed E-state index contributed by atoms with van der Waals surface area (Å²) in [5, 5.41) is 68.8. The van der Waals surface area contributed by atoms with Crippen molar-refractivity contribution in [2.75, 3.05) is 19.8 Å². The molecule has 44 heavy (non-hydrogen) atoms. The van der Waals surface area contributed by atoms with Gasteiger partial charge in [0.1, 0.15) is 48.8 Å². The largest absolute Gasteiger partial charge is 0.460 e. The van der Waals surface area contributed by atoms with Crippen molar-refractivity contribution in [2.45, 2.75) is 104 Å². The number of aliphatic hydroxyl groups is 7. The van der Waals surface area contributed by atoms with Gasteiger partial charge >= 0.3 is 35.8 Å². The molecule has 24 heteroatoms. The molecular weight excluding hydrogens is 663 g/mol. The maximum Gasteiger partial charge on any atom is 0.460 e. The van der Waals surface area contributed by atoms with Crippen molar-refractivity contribution >= 4 is 0 Å². The lowest BCUT2D eigenvalue weighted by molar-refractivity contribution is -0.440. The van der Waals surface area contributed by atoms with E-state index in [1.807, 2.05) is 0 Å². The molecule has 2 aliphatic rings. The maximum absolute atomic E-state index is 14.0. The average molecular weight is 688 g/mol. The fraction of sp³-hybridized carbons (Fsp3) is 1.00. The van der Waals surface area contributed by atoms with Crippen LogP contribution in [-0.4, -0.2) is 153 Å². The van der Waals surface area contributed by atoms with Crippen molar-refractivity contribution in [3.05, 3.63) is 0 Å². The van der Waals surface area contributed by atoms with Gasteiger partial charge in [-0.1, -0.05) is 0 Å². The van der Waals surface area contributed by atoms with Crippen LogP contribution >= 0.6 is 0 Å². The van der Waals surface area contributed by atoms with Crippen LogP contribution in [-0.2, 0) is 18.9 Å².